The molecule has 1 heterocycles. The zero-order chi connectivity index (χ0) is 12.8. The molecule has 1 aliphatic rings. The van der Waals surface area contributed by atoms with Gasteiger partial charge in [0.15, 0.2) is 0 Å². The number of carbonyl (C=O) groups is 1. The topological polar surface area (TPSA) is 62.2 Å². The van der Waals surface area contributed by atoms with Crippen LogP contribution in [-0.4, -0.2) is 22.6 Å². The van der Waals surface area contributed by atoms with Gasteiger partial charge in [-0.3, -0.25) is 0 Å². The molecule has 0 unspecified atom stereocenters. The lowest BCUT2D eigenvalue weighted by atomic mass is 10.0. The summed E-state index contributed by atoms with van der Waals surface area (Å²) >= 11 is 0. The maximum Gasteiger partial charge on any atom is 0.354 e. The number of pyridine rings is 1. The smallest absolute Gasteiger partial charge is 0.354 e. The Morgan fingerprint density at radius 1 is 1.44 bits per heavy atom. The molecule has 1 saturated carbocycles. The Labute approximate surface area is 107 Å². The van der Waals surface area contributed by atoms with Crippen molar-refractivity contribution in [3.63, 3.8) is 0 Å². The van der Waals surface area contributed by atoms with E-state index in [1.54, 1.807) is 6.07 Å². The number of carboxylic acids is 1. The molecule has 0 atom stereocenters. The lowest BCUT2D eigenvalue weighted by Gasteiger charge is -2.10. The fourth-order valence-electron chi connectivity index (χ4n) is 2.58. The highest BCUT2D eigenvalue weighted by Crippen LogP contribution is 2.28. The second kappa shape index (κ2) is 6.38. The van der Waals surface area contributed by atoms with Crippen LogP contribution in [0.5, 0.6) is 0 Å². The van der Waals surface area contributed by atoms with Crippen LogP contribution >= 0.6 is 0 Å². The molecule has 0 bridgehead atoms. The molecule has 0 saturated heterocycles. The number of nitrogens with zero attached hydrogens (tertiary/aromatic N) is 1. The highest BCUT2D eigenvalue weighted by molar-refractivity contribution is 5.86. The van der Waals surface area contributed by atoms with Crippen molar-refractivity contribution in [2.24, 2.45) is 5.92 Å². The van der Waals surface area contributed by atoms with Crippen LogP contribution in [-0.2, 0) is 0 Å². The Morgan fingerprint density at radius 2 is 2.22 bits per heavy atom. The second-order valence-electron chi connectivity index (χ2n) is 4.95. The summed E-state index contributed by atoms with van der Waals surface area (Å²) in [7, 11) is 0. The molecule has 0 spiro atoms. The predicted molar refractivity (Wildman–Crippen MR) is 70.9 cm³/mol. The maximum absolute atomic E-state index is 10.8. The van der Waals surface area contributed by atoms with Crippen LogP contribution in [0.3, 0.4) is 0 Å². The van der Waals surface area contributed by atoms with Crippen molar-refractivity contribution in [2.75, 3.05) is 11.9 Å². The van der Waals surface area contributed by atoms with Crippen LogP contribution in [0.1, 0.15) is 49.0 Å². The maximum atomic E-state index is 10.8. The zero-order valence-electron chi connectivity index (χ0n) is 10.6. The first kappa shape index (κ1) is 12.9. The molecule has 98 valence electrons. The van der Waals surface area contributed by atoms with Gasteiger partial charge >= 0.3 is 5.97 Å². The van der Waals surface area contributed by atoms with Crippen LogP contribution in [0.4, 0.5) is 5.69 Å². The van der Waals surface area contributed by atoms with Crippen LogP contribution in [0, 0.1) is 5.92 Å². The fourth-order valence-corrected chi connectivity index (χ4v) is 2.58. The summed E-state index contributed by atoms with van der Waals surface area (Å²) in [5.41, 5.74) is 0.935. The molecule has 4 nitrogen and oxygen atoms in total. The van der Waals surface area contributed by atoms with Crippen molar-refractivity contribution in [2.45, 2.75) is 38.5 Å². The van der Waals surface area contributed by atoms with E-state index in [4.69, 9.17) is 5.11 Å². The van der Waals surface area contributed by atoms with Gasteiger partial charge in [-0.15, -0.1) is 0 Å². The number of anilines is 1. The standard InChI is InChI=1S/C14H20N2O2/c17-14(18)13-10-12(7-9-16-13)15-8-3-6-11-4-1-2-5-11/h7,9-11H,1-6,8H2,(H,15,16)(H,17,18). The molecule has 1 fully saturated rings. The molecule has 1 aromatic rings. The highest BCUT2D eigenvalue weighted by atomic mass is 16.4. The average Bonchev–Trinajstić information content (AvgIpc) is 2.88. The molecule has 0 radical (unpaired) electrons. The Morgan fingerprint density at radius 3 is 2.94 bits per heavy atom. The summed E-state index contributed by atoms with van der Waals surface area (Å²) in [6.07, 6.45) is 9.52. The minimum absolute atomic E-state index is 0.0933. The monoisotopic (exact) mass is 248 g/mol. The van der Waals surface area contributed by atoms with Gasteiger partial charge in [0.05, 0.1) is 0 Å². The number of aromatic nitrogens is 1. The van der Waals surface area contributed by atoms with Gasteiger partial charge in [0.2, 0.25) is 0 Å². The van der Waals surface area contributed by atoms with E-state index < -0.39 is 5.97 Å². The Bertz CT molecular complexity index is 401. The van der Waals surface area contributed by atoms with Gasteiger partial charge < -0.3 is 10.4 Å². The fraction of sp³-hybridized carbons (Fsp3) is 0.571. The minimum atomic E-state index is -0.982. The summed E-state index contributed by atoms with van der Waals surface area (Å²) < 4.78 is 0. The first-order valence-electron chi connectivity index (χ1n) is 6.69. The van der Waals surface area contributed by atoms with Gasteiger partial charge in [-0.2, -0.15) is 0 Å². The van der Waals surface area contributed by atoms with Crippen molar-refractivity contribution in [3.05, 3.63) is 24.0 Å². The first-order chi connectivity index (χ1) is 8.75. The highest BCUT2D eigenvalue weighted by Gasteiger charge is 2.13. The van der Waals surface area contributed by atoms with E-state index in [-0.39, 0.29) is 5.69 Å². The van der Waals surface area contributed by atoms with E-state index in [2.05, 4.69) is 10.3 Å². The van der Waals surface area contributed by atoms with Gasteiger partial charge in [0.1, 0.15) is 5.69 Å². The average molecular weight is 248 g/mol. The van der Waals surface area contributed by atoms with Crippen LogP contribution in [0.2, 0.25) is 0 Å². The van der Waals surface area contributed by atoms with Crippen molar-refractivity contribution < 1.29 is 9.90 Å². The number of nitrogens with one attached hydrogen (secondary N) is 1. The third-order valence-corrected chi connectivity index (χ3v) is 3.57. The third kappa shape index (κ3) is 3.72. The summed E-state index contributed by atoms with van der Waals surface area (Å²) in [4.78, 5) is 14.6. The van der Waals surface area contributed by atoms with Gasteiger partial charge in [0, 0.05) is 18.4 Å². The van der Waals surface area contributed by atoms with E-state index in [1.165, 1.54) is 38.3 Å². The molecule has 0 amide bonds. The molecule has 0 aliphatic heterocycles. The van der Waals surface area contributed by atoms with E-state index >= 15 is 0 Å². The van der Waals surface area contributed by atoms with Gasteiger partial charge in [-0.05, 0) is 30.9 Å². The second-order valence-corrected chi connectivity index (χ2v) is 4.95. The number of aromatic carboxylic acids is 1. The normalized spacial score (nSPS) is 15.8. The molecule has 2 N–H and O–H groups in total. The molecule has 0 aromatic carbocycles. The number of rotatable bonds is 6. The molecule has 18 heavy (non-hydrogen) atoms. The Kier molecular flexibility index (Phi) is 4.56. The zero-order valence-corrected chi connectivity index (χ0v) is 10.6. The molecule has 2 rings (SSSR count). The van der Waals surface area contributed by atoms with Crippen LogP contribution in [0.15, 0.2) is 18.3 Å². The van der Waals surface area contributed by atoms with Gasteiger partial charge in [-0.1, -0.05) is 25.7 Å². The summed E-state index contributed by atoms with van der Waals surface area (Å²) in [6.45, 7) is 0.902. The number of hydrogen-bond acceptors (Lipinski definition) is 3. The molecular formula is C14H20N2O2. The van der Waals surface area contributed by atoms with Crippen LogP contribution in [0.25, 0.3) is 0 Å². The van der Waals surface area contributed by atoms with Crippen molar-refractivity contribution >= 4 is 11.7 Å². The Balaban J connectivity index is 1.72. The summed E-state index contributed by atoms with van der Waals surface area (Å²) in [5.74, 6) is -0.0663. The summed E-state index contributed by atoms with van der Waals surface area (Å²) in [6, 6.07) is 3.39. The first-order valence-corrected chi connectivity index (χ1v) is 6.69. The largest absolute Gasteiger partial charge is 0.477 e. The Hall–Kier alpha value is -1.58. The van der Waals surface area contributed by atoms with Crippen molar-refractivity contribution in [3.8, 4) is 0 Å². The lowest BCUT2D eigenvalue weighted by Crippen LogP contribution is -2.06. The van der Waals surface area contributed by atoms with Gasteiger partial charge in [-0.25, -0.2) is 9.78 Å². The molecule has 1 aliphatic carbocycles. The van der Waals surface area contributed by atoms with Crippen LogP contribution < -0.4 is 5.32 Å². The summed E-state index contributed by atoms with van der Waals surface area (Å²) in [5, 5.41) is 12.1. The quantitative estimate of drug-likeness (QED) is 0.759. The van der Waals surface area contributed by atoms with E-state index in [9.17, 15) is 4.79 Å². The molecule has 1 aromatic heterocycles. The molecular weight excluding hydrogens is 228 g/mol. The van der Waals surface area contributed by atoms with Crippen molar-refractivity contribution in [1.29, 1.82) is 0 Å². The van der Waals surface area contributed by atoms with E-state index in [0.29, 0.717) is 0 Å². The third-order valence-electron chi connectivity index (χ3n) is 3.57. The number of hydrogen-bond donors (Lipinski definition) is 2. The molecule has 4 heteroatoms. The lowest BCUT2D eigenvalue weighted by molar-refractivity contribution is 0.0690. The van der Waals surface area contributed by atoms with E-state index in [0.717, 1.165) is 24.6 Å². The number of carboxylic acid groups (broad SMARTS) is 1. The SMILES string of the molecule is O=C(O)c1cc(NCCCC2CCCC2)ccn1. The predicted octanol–water partition coefficient (Wildman–Crippen LogP) is 3.16. The minimum Gasteiger partial charge on any atom is -0.477 e. The van der Waals surface area contributed by atoms with Crippen molar-refractivity contribution in [1.82, 2.24) is 4.98 Å². The van der Waals surface area contributed by atoms with Gasteiger partial charge in [0.25, 0.3) is 0 Å². The van der Waals surface area contributed by atoms with E-state index in [1.807, 2.05) is 6.07 Å².